The first kappa shape index (κ1) is 24.9. The second kappa shape index (κ2) is 10.2. The van der Waals surface area contributed by atoms with E-state index in [1.807, 2.05) is 50.2 Å². The second-order valence-corrected chi connectivity index (χ2v) is 9.38. The molecule has 1 heterocycles. The van der Waals surface area contributed by atoms with E-state index in [1.165, 1.54) is 0 Å². The normalized spacial score (nSPS) is 16.2. The van der Waals surface area contributed by atoms with E-state index in [1.54, 1.807) is 24.3 Å². The summed E-state index contributed by atoms with van der Waals surface area (Å²) in [6.07, 6.45) is -2.80. The summed E-state index contributed by atoms with van der Waals surface area (Å²) >= 11 is 12.1. The molecule has 1 aliphatic heterocycles. The summed E-state index contributed by atoms with van der Waals surface area (Å²) in [5.74, 6) is -2.38. The van der Waals surface area contributed by atoms with Gasteiger partial charge in [0.1, 0.15) is 0 Å². The number of hydrazone groups is 1. The minimum absolute atomic E-state index is 0.330. The minimum Gasteiger partial charge on any atom is -0.481 e. The van der Waals surface area contributed by atoms with Gasteiger partial charge in [0, 0.05) is 22.0 Å². The number of alkyl halides is 1. The van der Waals surface area contributed by atoms with E-state index in [4.69, 9.17) is 28.3 Å². The molecule has 0 spiro atoms. The maximum atomic E-state index is 14.6. The van der Waals surface area contributed by atoms with Crippen LogP contribution in [0.25, 0.3) is 11.1 Å². The molecule has 2 atom stereocenters. The molecule has 2 unspecified atom stereocenters. The first-order chi connectivity index (χ1) is 16.7. The van der Waals surface area contributed by atoms with Gasteiger partial charge >= 0.3 is 5.97 Å². The Morgan fingerprint density at radius 2 is 1.63 bits per heavy atom. The van der Waals surface area contributed by atoms with Crippen LogP contribution >= 0.6 is 23.2 Å². The lowest BCUT2D eigenvalue weighted by Gasteiger charge is -2.23. The number of carboxylic acids is 1. The fraction of sp³-hybridized carbons (Fsp3) is 0.222. The Morgan fingerprint density at radius 1 is 1.03 bits per heavy atom. The van der Waals surface area contributed by atoms with Crippen molar-refractivity contribution >= 4 is 40.8 Å². The van der Waals surface area contributed by atoms with Crippen molar-refractivity contribution in [3.8, 4) is 11.1 Å². The van der Waals surface area contributed by atoms with Crippen molar-refractivity contribution in [1.82, 2.24) is 5.01 Å². The number of aliphatic carboxylic acids is 1. The number of carbonyl (C=O) groups excluding carboxylic acids is 1. The monoisotopic (exact) mass is 512 g/mol. The zero-order chi connectivity index (χ0) is 25.3. The number of amides is 1. The number of aryl methyl sites for hydroxylation is 1. The largest absolute Gasteiger partial charge is 0.481 e. The summed E-state index contributed by atoms with van der Waals surface area (Å²) in [5.41, 5.74) is 6.18. The third-order valence-electron chi connectivity index (χ3n) is 6.19. The molecular weight excluding hydrogens is 490 g/mol. The SMILES string of the molecule is Cc1ccc(C2=NN(C(=O)C(F)CC(=O)O)C(c3ccc(Cl)cc3)C2)c(-c2ccc(Cl)cc2)c1C. The van der Waals surface area contributed by atoms with E-state index in [-0.39, 0.29) is 0 Å². The van der Waals surface area contributed by atoms with Crippen LogP contribution in [-0.4, -0.2) is 33.9 Å². The van der Waals surface area contributed by atoms with Crippen LogP contribution in [0.2, 0.25) is 10.0 Å². The molecule has 8 heteroatoms. The minimum atomic E-state index is -2.21. The first-order valence-electron chi connectivity index (χ1n) is 11.0. The van der Waals surface area contributed by atoms with Gasteiger partial charge in [0.05, 0.1) is 18.2 Å². The summed E-state index contributed by atoms with van der Waals surface area (Å²) in [6, 6.07) is 17.7. The van der Waals surface area contributed by atoms with Crippen molar-refractivity contribution in [2.24, 2.45) is 5.10 Å². The van der Waals surface area contributed by atoms with Crippen LogP contribution in [0.4, 0.5) is 4.39 Å². The number of carbonyl (C=O) groups is 2. The van der Waals surface area contributed by atoms with Gasteiger partial charge < -0.3 is 5.11 Å². The Hall–Kier alpha value is -3.22. The average molecular weight is 513 g/mol. The van der Waals surface area contributed by atoms with E-state index >= 15 is 0 Å². The van der Waals surface area contributed by atoms with Crippen LogP contribution in [0.3, 0.4) is 0 Å². The second-order valence-electron chi connectivity index (χ2n) is 8.50. The molecule has 0 aromatic heterocycles. The topological polar surface area (TPSA) is 70.0 Å². The highest BCUT2D eigenvalue weighted by Gasteiger charge is 2.38. The van der Waals surface area contributed by atoms with Gasteiger partial charge in [0.2, 0.25) is 0 Å². The van der Waals surface area contributed by atoms with Crippen molar-refractivity contribution in [2.45, 2.75) is 38.9 Å². The first-order valence-corrected chi connectivity index (χ1v) is 11.8. The van der Waals surface area contributed by atoms with Crippen molar-refractivity contribution in [1.29, 1.82) is 0 Å². The molecule has 0 bridgehead atoms. The van der Waals surface area contributed by atoms with Gasteiger partial charge in [-0.15, -0.1) is 0 Å². The number of halogens is 3. The zero-order valence-corrected chi connectivity index (χ0v) is 20.6. The Balaban J connectivity index is 1.81. The average Bonchev–Trinajstić information content (AvgIpc) is 3.26. The molecular formula is C27H23Cl2FN2O3. The van der Waals surface area contributed by atoms with Crippen molar-refractivity contribution in [3.63, 3.8) is 0 Å². The highest BCUT2D eigenvalue weighted by Crippen LogP contribution is 2.38. The third kappa shape index (κ3) is 5.24. The molecule has 0 radical (unpaired) electrons. The maximum absolute atomic E-state index is 14.6. The summed E-state index contributed by atoms with van der Waals surface area (Å²) in [5, 5.41) is 15.8. The van der Waals surface area contributed by atoms with E-state index in [9.17, 15) is 14.0 Å². The zero-order valence-electron chi connectivity index (χ0n) is 19.1. The third-order valence-corrected chi connectivity index (χ3v) is 6.70. The fourth-order valence-corrected chi connectivity index (χ4v) is 4.50. The molecule has 35 heavy (non-hydrogen) atoms. The maximum Gasteiger partial charge on any atom is 0.306 e. The van der Waals surface area contributed by atoms with Crippen molar-refractivity contribution in [3.05, 3.63) is 93.0 Å². The molecule has 180 valence electrons. The van der Waals surface area contributed by atoms with Crippen LogP contribution in [0.15, 0.2) is 65.8 Å². The van der Waals surface area contributed by atoms with Crippen molar-refractivity contribution in [2.75, 3.05) is 0 Å². The highest BCUT2D eigenvalue weighted by molar-refractivity contribution is 6.30. The molecule has 0 fully saturated rings. The van der Waals surface area contributed by atoms with Gasteiger partial charge in [-0.05, 0) is 65.9 Å². The Bertz CT molecular complexity index is 1310. The van der Waals surface area contributed by atoms with Crippen LogP contribution < -0.4 is 0 Å². The smallest absolute Gasteiger partial charge is 0.306 e. The van der Waals surface area contributed by atoms with Gasteiger partial charge in [0.15, 0.2) is 6.17 Å². The lowest BCUT2D eigenvalue weighted by molar-refractivity contribution is -0.146. The van der Waals surface area contributed by atoms with Gasteiger partial charge in [-0.25, -0.2) is 9.40 Å². The Kier molecular flexibility index (Phi) is 7.24. The van der Waals surface area contributed by atoms with E-state index in [0.717, 1.165) is 38.4 Å². The molecule has 5 nitrogen and oxygen atoms in total. The van der Waals surface area contributed by atoms with E-state index < -0.39 is 30.5 Å². The van der Waals surface area contributed by atoms with Crippen LogP contribution in [-0.2, 0) is 9.59 Å². The molecule has 1 N–H and O–H groups in total. The number of hydrogen-bond donors (Lipinski definition) is 1. The van der Waals surface area contributed by atoms with Crippen LogP contribution in [0, 0.1) is 13.8 Å². The number of hydrogen-bond acceptors (Lipinski definition) is 3. The molecule has 4 rings (SSSR count). The van der Waals surface area contributed by atoms with Gasteiger partial charge in [-0.3, -0.25) is 9.59 Å². The molecule has 0 saturated heterocycles. The van der Waals surface area contributed by atoms with Crippen LogP contribution in [0.1, 0.15) is 41.1 Å². The Morgan fingerprint density at radius 3 is 2.23 bits per heavy atom. The highest BCUT2D eigenvalue weighted by atomic mass is 35.5. The van der Waals surface area contributed by atoms with Crippen LogP contribution in [0.5, 0.6) is 0 Å². The van der Waals surface area contributed by atoms with Crippen molar-refractivity contribution < 1.29 is 19.1 Å². The van der Waals surface area contributed by atoms with E-state index in [2.05, 4.69) is 5.10 Å². The lowest BCUT2D eigenvalue weighted by atomic mass is 9.88. The predicted octanol–water partition coefficient (Wildman–Crippen LogP) is 6.77. The molecule has 0 saturated carbocycles. The standard InChI is InChI=1S/C27H23Cl2FN2O3/c1-15-3-12-21(26(16(15)2)18-6-10-20(29)11-7-18)23-14-24(17-4-8-19(28)9-5-17)32(31-23)27(35)22(30)13-25(33)34/h3-12,22,24H,13-14H2,1-2H3,(H,33,34). The van der Waals surface area contributed by atoms with E-state index in [0.29, 0.717) is 22.2 Å². The molecule has 3 aromatic carbocycles. The molecule has 1 aliphatic rings. The number of rotatable bonds is 6. The van der Waals surface area contributed by atoms with Gasteiger partial charge in [-0.2, -0.15) is 5.10 Å². The lowest BCUT2D eigenvalue weighted by Crippen LogP contribution is -2.35. The Labute approximate surface area is 212 Å². The quantitative estimate of drug-likeness (QED) is 0.396. The van der Waals surface area contributed by atoms with Gasteiger partial charge in [0.25, 0.3) is 5.91 Å². The van der Waals surface area contributed by atoms with Gasteiger partial charge in [-0.1, -0.05) is 59.6 Å². The summed E-state index contributed by atoms with van der Waals surface area (Å²) < 4.78 is 14.6. The molecule has 0 aliphatic carbocycles. The summed E-state index contributed by atoms with van der Waals surface area (Å²) in [7, 11) is 0. The predicted molar refractivity (Wildman–Crippen MR) is 136 cm³/mol. The number of nitrogens with zero attached hydrogens (tertiary/aromatic N) is 2. The molecule has 3 aromatic rings. The summed E-state index contributed by atoms with van der Waals surface area (Å²) in [4.78, 5) is 24.0. The number of carboxylic acid groups (broad SMARTS) is 1. The molecule has 1 amide bonds. The summed E-state index contributed by atoms with van der Waals surface area (Å²) in [6.45, 7) is 4.03. The number of benzene rings is 3. The fourth-order valence-electron chi connectivity index (χ4n) is 4.25.